The number of nitrogens with one attached hydrogen (secondary N) is 1. The number of hydrazine groups is 1. The molecule has 0 heterocycles. The second-order valence-electron chi connectivity index (χ2n) is 8.04. The number of rotatable bonds is 8. The number of nitrogens with zero attached hydrogens (tertiary/aromatic N) is 2. The van der Waals surface area contributed by atoms with Crippen molar-refractivity contribution in [1.29, 1.82) is 0 Å². The number of phenolic OH excluding ortho intramolecular Hbond substituents is 2. The molecule has 0 saturated heterocycles. The Balaban J connectivity index is 2.51. The van der Waals surface area contributed by atoms with Gasteiger partial charge >= 0.3 is 0 Å². The van der Waals surface area contributed by atoms with Crippen LogP contribution in [0.3, 0.4) is 0 Å². The highest BCUT2D eigenvalue weighted by molar-refractivity contribution is 6.01. The molecule has 0 saturated carbocycles. The number of benzene rings is 1. The molecule has 1 aliphatic carbocycles. The molecule has 0 fully saturated rings. The van der Waals surface area contributed by atoms with Gasteiger partial charge in [-0.15, -0.1) is 0 Å². The van der Waals surface area contributed by atoms with E-state index in [0.717, 1.165) is 38.5 Å². The summed E-state index contributed by atoms with van der Waals surface area (Å²) < 4.78 is 0. The first-order valence-electron chi connectivity index (χ1n) is 10.6. The predicted octanol–water partition coefficient (Wildman–Crippen LogP) is 2.85. The third kappa shape index (κ3) is 5.44. The van der Waals surface area contributed by atoms with Gasteiger partial charge in [0.15, 0.2) is 5.84 Å². The van der Waals surface area contributed by atoms with Crippen LogP contribution in [0.2, 0.25) is 0 Å². The Morgan fingerprint density at radius 1 is 1.37 bits per heavy atom. The third-order valence-corrected chi connectivity index (χ3v) is 5.66. The lowest BCUT2D eigenvalue weighted by atomic mass is 9.83. The SMILES string of the molecule is CCCCCc1cc(O)c(C2C=C(C)CCC2)c(O)c1C(=O)N(C)C/C(=N/N)NN. The van der Waals surface area contributed by atoms with Crippen LogP contribution in [-0.4, -0.2) is 40.4 Å². The van der Waals surface area contributed by atoms with Crippen molar-refractivity contribution in [3.8, 4) is 11.5 Å². The van der Waals surface area contributed by atoms with E-state index in [9.17, 15) is 15.0 Å². The molecule has 8 heteroatoms. The summed E-state index contributed by atoms with van der Waals surface area (Å²) in [5.74, 6) is 10.3. The average Bonchev–Trinajstić information content (AvgIpc) is 2.71. The Hall–Kier alpha value is -2.74. The zero-order valence-corrected chi connectivity index (χ0v) is 18.2. The molecule has 1 aromatic rings. The Morgan fingerprint density at radius 2 is 2.10 bits per heavy atom. The molecular weight excluding hydrogens is 382 g/mol. The fourth-order valence-electron chi connectivity index (χ4n) is 4.04. The van der Waals surface area contributed by atoms with E-state index in [1.54, 1.807) is 13.1 Å². The second-order valence-corrected chi connectivity index (χ2v) is 8.04. The minimum atomic E-state index is -0.367. The van der Waals surface area contributed by atoms with E-state index in [0.29, 0.717) is 17.5 Å². The first kappa shape index (κ1) is 23.5. The van der Waals surface area contributed by atoms with Crippen LogP contribution in [0.15, 0.2) is 22.8 Å². The number of amidine groups is 1. The van der Waals surface area contributed by atoms with Crippen molar-refractivity contribution in [3.05, 3.63) is 34.4 Å². The smallest absolute Gasteiger partial charge is 0.258 e. The number of hydrogen-bond acceptors (Lipinski definition) is 6. The number of nitrogens with two attached hydrogens (primary N) is 2. The quantitative estimate of drug-likeness (QED) is 0.110. The van der Waals surface area contributed by atoms with Crippen molar-refractivity contribution in [2.75, 3.05) is 13.6 Å². The maximum Gasteiger partial charge on any atom is 0.258 e. The fraction of sp³-hybridized carbons (Fsp3) is 0.545. The molecule has 0 aromatic heterocycles. The van der Waals surface area contributed by atoms with Gasteiger partial charge in [-0.1, -0.05) is 31.4 Å². The highest BCUT2D eigenvalue weighted by atomic mass is 16.3. The number of aryl methyl sites for hydroxylation is 1. The third-order valence-electron chi connectivity index (χ3n) is 5.66. The van der Waals surface area contributed by atoms with Gasteiger partial charge in [0.05, 0.1) is 12.1 Å². The van der Waals surface area contributed by atoms with E-state index in [-0.39, 0.29) is 41.3 Å². The Bertz CT molecular complexity index is 819. The molecule has 7 N–H and O–H groups in total. The first-order valence-corrected chi connectivity index (χ1v) is 10.6. The van der Waals surface area contributed by atoms with Gasteiger partial charge in [0.2, 0.25) is 0 Å². The van der Waals surface area contributed by atoms with Crippen molar-refractivity contribution < 1.29 is 15.0 Å². The number of carbonyl (C=O) groups is 1. The second kappa shape index (κ2) is 10.9. The number of carbonyl (C=O) groups excluding carboxylic acids is 1. The van der Waals surface area contributed by atoms with Gasteiger partial charge in [-0.2, -0.15) is 5.10 Å². The van der Waals surface area contributed by atoms with Crippen molar-refractivity contribution in [1.82, 2.24) is 10.3 Å². The van der Waals surface area contributed by atoms with Crippen LogP contribution in [0.1, 0.15) is 79.8 Å². The van der Waals surface area contributed by atoms with E-state index >= 15 is 0 Å². The number of hydrogen-bond donors (Lipinski definition) is 5. The summed E-state index contributed by atoms with van der Waals surface area (Å²) in [7, 11) is 1.59. The van der Waals surface area contributed by atoms with E-state index in [1.807, 2.05) is 6.92 Å². The van der Waals surface area contributed by atoms with E-state index in [4.69, 9.17) is 11.7 Å². The Morgan fingerprint density at radius 3 is 2.70 bits per heavy atom. The maximum absolute atomic E-state index is 13.3. The lowest BCUT2D eigenvalue weighted by molar-refractivity contribution is 0.0809. The van der Waals surface area contributed by atoms with Crippen LogP contribution in [0, 0.1) is 0 Å². The Labute approximate surface area is 178 Å². The summed E-state index contributed by atoms with van der Waals surface area (Å²) in [6, 6.07) is 1.64. The number of hydrazone groups is 1. The van der Waals surface area contributed by atoms with Crippen molar-refractivity contribution in [2.45, 2.75) is 64.7 Å². The van der Waals surface area contributed by atoms with Gasteiger partial charge in [0.1, 0.15) is 11.5 Å². The number of allylic oxidation sites excluding steroid dienone is 2. The molecule has 0 aliphatic heterocycles. The number of amides is 1. The van der Waals surface area contributed by atoms with Gasteiger partial charge in [0, 0.05) is 18.5 Å². The molecule has 8 nitrogen and oxygen atoms in total. The molecule has 1 aromatic carbocycles. The Kier molecular flexibility index (Phi) is 8.53. The van der Waals surface area contributed by atoms with Crippen molar-refractivity contribution in [2.24, 2.45) is 16.8 Å². The lowest BCUT2D eigenvalue weighted by Crippen LogP contribution is -2.42. The minimum absolute atomic E-state index is 0.0435. The number of phenols is 2. The summed E-state index contributed by atoms with van der Waals surface area (Å²) in [5, 5.41) is 25.5. The van der Waals surface area contributed by atoms with Crippen LogP contribution in [0.4, 0.5) is 0 Å². The van der Waals surface area contributed by atoms with Gasteiger partial charge in [-0.3, -0.25) is 4.79 Å². The number of likely N-dealkylation sites (N-methyl/N-ethyl adjacent to an activating group) is 1. The van der Waals surface area contributed by atoms with E-state index in [2.05, 4.69) is 23.5 Å². The standard InChI is InChI=1S/C22H35N5O3/c1-4-5-6-9-16-12-17(28)19(15-10-7-8-14(2)11-15)21(29)20(16)22(30)27(3)13-18(25-23)26-24/h11-12,15,28-29H,4-10,13,23-24H2,1-3H3,(H,25,26). The molecule has 1 unspecified atom stereocenters. The molecule has 1 atom stereocenters. The molecule has 1 amide bonds. The van der Waals surface area contributed by atoms with Crippen molar-refractivity contribution >= 4 is 11.7 Å². The van der Waals surface area contributed by atoms with Crippen molar-refractivity contribution in [3.63, 3.8) is 0 Å². The van der Waals surface area contributed by atoms with Crippen LogP contribution >= 0.6 is 0 Å². The number of unbranched alkanes of at least 4 members (excludes halogenated alkanes) is 2. The maximum atomic E-state index is 13.3. The zero-order chi connectivity index (χ0) is 22.3. The van der Waals surface area contributed by atoms with Crippen LogP contribution in [-0.2, 0) is 6.42 Å². The van der Waals surface area contributed by atoms with Crippen LogP contribution in [0.25, 0.3) is 0 Å². The zero-order valence-electron chi connectivity index (χ0n) is 18.2. The average molecular weight is 418 g/mol. The number of aromatic hydroxyl groups is 2. The van der Waals surface area contributed by atoms with Crippen LogP contribution < -0.4 is 17.1 Å². The highest BCUT2D eigenvalue weighted by Gasteiger charge is 2.29. The summed E-state index contributed by atoms with van der Waals surface area (Å²) in [6.45, 7) is 4.22. The fourth-order valence-corrected chi connectivity index (χ4v) is 4.04. The first-order chi connectivity index (χ1) is 14.3. The molecule has 30 heavy (non-hydrogen) atoms. The molecule has 0 radical (unpaired) electrons. The van der Waals surface area contributed by atoms with Gasteiger partial charge in [-0.25, -0.2) is 5.84 Å². The van der Waals surface area contributed by atoms with Gasteiger partial charge in [-0.05, 0) is 50.7 Å². The van der Waals surface area contributed by atoms with E-state index < -0.39 is 0 Å². The topological polar surface area (TPSA) is 137 Å². The predicted molar refractivity (Wildman–Crippen MR) is 119 cm³/mol. The van der Waals surface area contributed by atoms with Crippen LogP contribution in [0.5, 0.6) is 11.5 Å². The molecule has 0 spiro atoms. The molecule has 0 bridgehead atoms. The van der Waals surface area contributed by atoms with Gasteiger partial charge in [0.25, 0.3) is 5.91 Å². The molecule has 2 rings (SSSR count). The molecular formula is C22H35N5O3. The normalized spacial score (nSPS) is 16.9. The highest BCUT2D eigenvalue weighted by Crippen LogP contribution is 2.44. The summed E-state index contributed by atoms with van der Waals surface area (Å²) in [4.78, 5) is 14.7. The summed E-state index contributed by atoms with van der Waals surface area (Å²) in [5.41, 5.74) is 4.88. The van der Waals surface area contributed by atoms with E-state index in [1.165, 1.54) is 10.5 Å². The molecule has 166 valence electrons. The largest absolute Gasteiger partial charge is 0.507 e. The monoisotopic (exact) mass is 417 g/mol. The minimum Gasteiger partial charge on any atom is -0.507 e. The lowest BCUT2D eigenvalue weighted by Gasteiger charge is -2.26. The molecule has 1 aliphatic rings. The summed E-state index contributed by atoms with van der Waals surface area (Å²) in [6.07, 6.45) is 8.36. The summed E-state index contributed by atoms with van der Waals surface area (Å²) >= 11 is 0. The van der Waals surface area contributed by atoms with Gasteiger partial charge < -0.3 is 26.4 Å².